The first-order valence-electron chi connectivity index (χ1n) is 11.7. The summed E-state index contributed by atoms with van der Waals surface area (Å²) >= 11 is 1.30. The molecule has 0 radical (unpaired) electrons. The van der Waals surface area contributed by atoms with Crippen molar-refractivity contribution in [2.45, 2.75) is 24.1 Å². The molecule has 3 N–H and O–H groups in total. The van der Waals surface area contributed by atoms with Gasteiger partial charge in [0, 0.05) is 30.4 Å². The largest absolute Gasteiger partial charge is 0.449 e. The molecular weight excluding hydrogens is 514 g/mol. The molecule has 11 nitrogen and oxygen atoms in total. The van der Waals surface area contributed by atoms with Gasteiger partial charge < -0.3 is 30.0 Å². The molecule has 38 heavy (non-hydrogen) atoms. The zero-order valence-corrected chi connectivity index (χ0v) is 21.3. The Hall–Kier alpha value is -4.03. The maximum absolute atomic E-state index is 13.3. The highest BCUT2D eigenvalue weighted by atomic mass is 32.2. The number of nitrogens with two attached hydrogens (primary N) is 1. The van der Waals surface area contributed by atoms with Crippen LogP contribution >= 0.6 is 11.8 Å². The summed E-state index contributed by atoms with van der Waals surface area (Å²) in [5.41, 5.74) is 6.97. The minimum absolute atomic E-state index is 0.0755. The summed E-state index contributed by atoms with van der Waals surface area (Å²) in [6, 6.07) is 17.4. The van der Waals surface area contributed by atoms with Gasteiger partial charge in [0.15, 0.2) is 0 Å². The number of β-lactam (4-membered cyclic amide) rings is 1. The predicted molar refractivity (Wildman–Crippen MR) is 136 cm³/mol. The zero-order chi connectivity index (χ0) is 27.1. The molecule has 2 aromatic carbocycles. The van der Waals surface area contributed by atoms with Crippen LogP contribution in [0.25, 0.3) is 0 Å². The number of amides is 3. The normalized spacial score (nSPS) is 19.1. The Morgan fingerprint density at radius 1 is 1.08 bits per heavy atom. The number of alkyl carbamates (subject to hydrolysis) is 1. The van der Waals surface area contributed by atoms with Crippen LogP contribution in [0.5, 0.6) is 0 Å². The number of rotatable bonds is 10. The topological polar surface area (TPSA) is 146 Å². The van der Waals surface area contributed by atoms with Gasteiger partial charge in [-0.2, -0.15) is 0 Å². The highest BCUT2D eigenvalue weighted by Gasteiger charge is 2.55. The van der Waals surface area contributed by atoms with Crippen molar-refractivity contribution in [1.82, 2.24) is 10.2 Å². The van der Waals surface area contributed by atoms with E-state index in [1.165, 1.54) is 23.8 Å². The summed E-state index contributed by atoms with van der Waals surface area (Å²) in [4.78, 5) is 51.1. The molecule has 0 bridgehead atoms. The summed E-state index contributed by atoms with van der Waals surface area (Å²) in [6.07, 6.45) is -2.27. The number of hydrogen-bond acceptors (Lipinski definition) is 9. The summed E-state index contributed by atoms with van der Waals surface area (Å²) in [6.45, 7) is -0.159. The zero-order valence-electron chi connectivity index (χ0n) is 20.5. The molecule has 0 saturated carbocycles. The lowest BCUT2D eigenvalue weighted by molar-refractivity contribution is -0.175. The van der Waals surface area contributed by atoms with Crippen LogP contribution in [0.4, 0.5) is 9.59 Å². The molecule has 0 aliphatic carbocycles. The van der Waals surface area contributed by atoms with E-state index >= 15 is 0 Å². The maximum atomic E-state index is 13.3. The van der Waals surface area contributed by atoms with Crippen molar-refractivity contribution in [2.24, 2.45) is 5.73 Å². The number of nitrogens with one attached hydrogen (secondary N) is 1. The van der Waals surface area contributed by atoms with Gasteiger partial charge in [0.1, 0.15) is 23.7 Å². The molecule has 0 spiro atoms. The van der Waals surface area contributed by atoms with Crippen LogP contribution in [0, 0.1) is 0 Å². The Labute approximate surface area is 223 Å². The lowest BCUT2D eigenvalue weighted by Crippen LogP contribution is -2.70. The average molecular weight is 542 g/mol. The van der Waals surface area contributed by atoms with Crippen molar-refractivity contribution in [3.8, 4) is 0 Å². The third kappa shape index (κ3) is 6.26. The van der Waals surface area contributed by atoms with Crippen LogP contribution in [-0.2, 0) is 35.0 Å². The van der Waals surface area contributed by atoms with Crippen molar-refractivity contribution >= 4 is 35.8 Å². The van der Waals surface area contributed by atoms with Crippen LogP contribution in [0.3, 0.4) is 0 Å². The first kappa shape index (κ1) is 27.0. The molecule has 2 aliphatic rings. The van der Waals surface area contributed by atoms with Gasteiger partial charge in [0.05, 0.1) is 6.61 Å². The molecule has 0 aromatic heterocycles. The van der Waals surface area contributed by atoms with E-state index in [1.807, 2.05) is 30.3 Å². The molecule has 3 amide bonds. The fourth-order valence-corrected chi connectivity index (χ4v) is 5.36. The van der Waals surface area contributed by atoms with Gasteiger partial charge in [0.25, 0.3) is 5.91 Å². The number of methoxy groups -OCH3 is 1. The van der Waals surface area contributed by atoms with Gasteiger partial charge in [-0.1, -0.05) is 60.7 Å². The summed E-state index contributed by atoms with van der Waals surface area (Å²) in [7, 11) is 1.38. The summed E-state index contributed by atoms with van der Waals surface area (Å²) in [5, 5.41) is 1.99. The number of fused-ring (bicyclic) bond motifs is 1. The minimum Gasteiger partial charge on any atom is -0.449 e. The second-order valence-corrected chi connectivity index (χ2v) is 9.45. The Balaban J connectivity index is 1.43. The Morgan fingerprint density at radius 3 is 2.42 bits per heavy atom. The molecule has 200 valence electrons. The molecular formula is C26H27N3O8S. The molecule has 2 heterocycles. The number of carbonyl (C=O) groups excluding carboxylic acids is 4. The van der Waals surface area contributed by atoms with Gasteiger partial charge in [-0.3, -0.25) is 9.69 Å². The first-order chi connectivity index (χ1) is 18.4. The fourth-order valence-electron chi connectivity index (χ4n) is 4.03. The van der Waals surface area contributed by atoms with E-state index in [0.29, 0.717) is 17.6 Å². The van der Waals surface area contributed by atoms with E-state index in [9.17, 15) is 19.2 Å². The van der Waals surface area contributed by atoms with Gasteiger partial charge >= 0.3 is 18.2 Å². The van der Waals surface area contributed by atoms with E-state index in [1.54, 1.807) is 30.3 Å². The lowest BCUT2D eigenvalue weighted by Gasteiger charge is -2.49. The minimum atomic E-state index is -1.03. The molecule has 3 atom stereocenters. The van der Waals surface area contributed by atoms with Crippen LogP contribution in [0.2, 0.25) is 0 Å². The van der Waals surface area contributed by atoms with Crippen LogP contribution < -0.4 is 11.1 Å². The van der Waals surface area contributed by atoms with Crippen molar-refractivity contribution in [3.63, 3.8) is 0 Å². The second kappa shape index (κ2) is 12.5. The number of hydrogen-bond donors (Lipinski definition) is 2. The molecule has 2 aliphatic heterocycles. The third-order valence-electron chi connectivity index (χ3n) is 5.87. The number of thioether (sulfide) groups is 1. The SMILES string of the molecule is COC(OC(=O)C1=C(COC(N)=O)CS[C@@H]2[C@H](NC(=O)OCCc3ccccc3)C(=O)N12)c1ccccc1. The summed E-state index contributed by atoms with van der Waals surface area (Å²) in [5.74, 6) is -1.14. The van der Waals surface area contributed by atoms with E-state index in [0.717, 1.165) is 5.56 Å². The van der Waals surface area contributed by atoms with E-state index in [4.69, 9.17) is 24.7 Å². The van der Waals surface area contributed by atoms with Crippen molar-refractivity contribution in [1.29, 1.82) is 0 Å². The van der Waals surface area contributed by atoms with Crippen LogP contribution in [0.15, 0.2) is 71.9 Å². The second-order valence-electron chi connectivity index (χ2n) is 8.35. The Morgan fingerprint density at radius 2 is 1.76 bits per heavy atom. The molecule has 4 rings (SSSR count). The lowest BCUT2D eigenvalue weighted by atomic mass is 10.0. The highest BCUT2D eigenvalue weighted by Crippen LogP contribution is 2.41. The number of nitrogens with zero attached hydrogens (tertiary/aromatic N) is 1. The summed E-state index contributed by atoms with van der Waals surface area (Å²) < 4.78 is 21.0. The van der Waals surface area contributed by atoms with E-state index in [2.05, 4.69) is 5.32 Å². The van der Waals surface area contributed by atoms with E-state index < -0.39 is 41.8 Å². The van der Waals surface area contributed by atoms with E-state index in [-0.39, 0.29) is 24.7 Å². The maximum Gasteiger partial charge on any atom is 0.407 e. The van der Waals surface area contributed by atoms with Gasteiger partial charge in [-0.15, -0.1) is 11.8 Å². The average Bonchev–Trinajstić information content (AvgIpc) is 2.93. The number of primary amides is 1. The van der Waals surface area contributed by atoms with Crippen LogP contribution in [-0.4, -0.2) is 66.5 Å². The quantitative estimate of drug-likeness (QED) is 0.200. The first-order valence-corrected chi connectivity index (χ1v) is 12.8. The Kier molecular flexibility index (Phi) is 8.87. The molecule has 12 heteroatoms. The number of esters is 1. The molecule has 1 unspecified atom stereocenters. The van der Waals surface area contributed by atoms with Gasteiger partial charge in [0.2, 0.25) is 6.29 Å². The fraction of sp³-hybridized carbons (Fsp3) is 0.308. The van der Waals surface area contributed by atoms with Crippen molar-refractivity contribution < 1.29 is 38.1 Å². The van der Waals surface area contributed by atoms with Gasteiger partial charge in [-0.25, -0.2) is 14.4 Å². The molecule has 1 fully saturated rings. The third-order valence-corrected chi connectivity index (χ3v) is 7.21. The highest BCUT2D eigenvalue weighted by molar-refractivity contribution is 8.00. The number of carbonyl (C=O) groups is 4. The monoisotopic (exact) mass is 541 g/mol. The number of ether oxygens (including phenoxy) is 4. The van der Waals surface area contributed by atoms with Crippen molar-refractivity contribution in [3.05, 3.63) is 83.1 Å². The standard InChI is InChI=1S/C26H27N3O8S/c1-34-24(17-10-6-3-7-11-17)37-23(31)20-18(14-36-25(27)32)15-38-22-19(21(30)29(20)22)28-26(33)35-13-12-16-8-4-2-5-9-16/h2-11,19,22,24H,12-15H2,1H3,(H2,27,32)(H,28,33)/t19-,22-,24?/m1/s1. The smallest absolute Gasteiger partial charge is 0.407 e. The van der Waals surface area contributed by atoms with Gasteiger partial charge in [-0.05, 0) is 5.56 Å². The predicted octanol–water partition coefficient (Wildman–Crippen LogP) is 2.48. The van der Waals surface area contributed by atoms with Crippen LogP contribution in [0.1, 0.15) is 17.4 Å². The molecule has 1 saturated heterocycles. The number of benzene rings is 2. The molecule has 2 aromatic rings. The van der Waals surface area contributed by atoms with Crippen molar-refractivity contribution in [2.75, 3.05) is 26.1 Å². The Bertz CT molecular complexity index is 1210.